The Hall–Kier alpha value is -2.18. The van der Waals surface area contributed by atoms with Gasteiger partial charge in [-0.3, -0.25) is 9.59 Å². The molecule has 1 N–H and O–H groups in total. The molecule has 1 aliphatic rings. The molecule has 0 atom stereocenters. The highest BCUT2D eigenvalue weighted by atomic mass is 35.5. The molecule has 0 bridgehead atoms. The molecule has 3 rings (SSSR count). The smallest absolute Gasteiger partial charge is 0.272 e. The summed E-state index contributed by atoms with van der Waals surface area (Å²) in [5, 5.41) is 0.599. The van der Waals surface area contributed by atoms with Gasteiger partial charge in [0.25, 0.3) is 11.5 Å². The van der Waals surface area contributed by atoms with Crippen LogP contribution in [0.25, 0.3) is 11.4 Å². The molecule has 0 aliphatic carbocycles. The zero-order valence-corrected chi connectivity index (χ0v) is 14.2. The van der Waals surface area contributed by atoms with Crippen LogP contribution in [0.15, 0.2) is 35.1 Å². The van der Waals surface area contributed by atoms with Crippen molar-refractivity contribution in [1.29, 1.82) is 0 Å². The summed E-state index contributed by atoms with van der Waals surface area (Å²) in [5.74, 6) is 0.168. The van der Waals surface area contributed by atoms with Crippen molar-refractivity contribution in [2.45, 2.75) is 6.92 Å². The number of nitrogens with one attached hydrogen (secondary N) is 1. The summed E-state index contributed by atoms with van der Waals surface area (Å²) in [6, 6.07) is 8.21. The van der Waals surface area contributed by atoms with Gasteiger partial charge in [-0.1, -0.05) is 18.5 Å². The van der Waals surface area contributed by atoms with E-state index in [4.69, 9.17) is 11.6 Å². The molecule has 1 aliphatic heterocycles. The van der Waals surface area contributed by atoms with Gasteiger partial charge < -0.3 is 14.8 Å². The molecule has 1 fully saturated rings. The SMILES string of the molecule is CCN1CCN(C(=O)c2cc(=O)[nH]c(-c3ccc(Cl)cc3)n2)CC1. The van der Waals surface area contributed by atoms with E-state index in [1.165, 1.54) is 6.07 Å². The monoisotopic (exact) mass is 346 g/mol. The number of carbonyl (C=O) groups is 1. The molecule has 1 aromatic carbocycles. The zero-order chi connectivity index (χ0) is 17.1. The van der Waals surface area contributed by atoms with Gasteiger partial charge in [0.15, 0.2) is 0 Å². The van der Waals surface area contributed by atoms with Crippen LogP contribution in [0.3, 0.4) is 0 Å². The summed E-state index contributed by atoms with van der Waals surface area (Å²) >= 11 is 5.88. The average Bonchev–Trinajstić information content (AvgIpc) is 2.61. The Morgan fingerprint density at radius 1 is 1.21 bits per heavy atom. The minimum atomic E-state index is -0.342. The van der Waals surface area contributed by atoms with Gasteiger partial charge in [-0.15, -0.1) is 0 Å². The molecule has 0 saturated carbocycles. The number of hydrogen-bond donors (Lipinski definition) is 1. The predicted molar refractivity (Wildman–Crippen MR) is 93.3 cm³/mol. The van der Waals surface area contributed by atoms with Crippen LogP contribution >= 0.6 is 11.6 Å². The number of hydrogen-bond acceptors (Lipinski definition) is 4. The van der Waals surface area contributed by atoms with Crippen LogP contribution in [0.5, 0.6) is 0 Å². The van der Waals surface area contributed by atoms with Crippen molar-refractivity contribution in [3.8, 4) is 11.4 Å². The fourth-order valence-electron chi connectivity index (χ4n) is 2.74. The second kappa shape index (κ2) is 7.15. The molecule has 2 aromatic rings. The summed E-state index contributed by atoms with van der Waals surface area (Å²) in [4.78, 5) is 35.6. The van der Waals surface area contributed by atoms with E-state index in [1.54, 1.807) is 29.2 Å². The van der Waals surface area contributed by atoms with Gasteiger partial charge in [0, 0.05) is 42.8 Å². The molecular weight excluding hydrogens is 328 g/mol. The van der Waals surface area contributed by atoms with Crippen molar-refractivity contribution in [2.75, 3.05) is 32.7 Å². The molecule has 1 amide bonds. The normalized spacial score (nSPS) is 15.5. The fraction of sp³-hybridized carbons (Fsp3) is 0.353. The van der Waals surface area contributed by atoms with E-state index in [0.717, 1.165) is 19.6 Å². The van der Waals surface area contributed by atoms with Crippen molar-refractivity contribution in [3.63, 3.8) is 0 Å². The number of amides is 1. The van der Waals surface area contributed by atoms with E-state index in [0.29, 0.717) is 29.5 Å². The lowest BCUT2D eigenvalue weighted by Gasteiger charge is -2.33. The van der Waals surface area contributed by atoms with Crippen LogP contribution in [0.2, 0.25) is 5.02 Å². The van der Waals surface area contributed by atoms with Crippen LogP contribution in [-0.4, -0.2) is 58.4 Å². The number of piperazine rings is 1. The predicted octanol–water partition coefficient (Wildman–Crippen LogP) is 1.87. The number of benzene rings is 1. The van der Waals surface area contributed by atoms with Crippen molar-refractivity contribution in [2.24, 2.45) is 0 Å². The Morgan fingerprint density at radius 2 is 1.88 bits per heavy atom. The molecule has 1 aromatic heterocycles. The quantitative estimate of drug-likeness (QED) is 0.921. The first-order valence-electron chi connectivity index (χ1n) is 7.96. The summed E-state index contributed by atoms with van der Waals surface area (Å²) in [6.45, 7) is 6.07. The molecule has 7 heteroatoms. The van der Waals surface area contributed by atoms with Crippen LogP contribution < -0.4 is 5.56 Å². The van der Waals surface area contributed by atoms with Crippen molar-refractivity contribution >= 4 is 17.5 Å². The zero-order valence-electron chi connectivity index (χ0n) is 13.5. The third-order valence-electron chi connectivity index (χ3n) is 4.19. The van der Waals surface area contributed by atoms with Gasteiger partial charge in [-0.05, 0) is 30.8 Å². The Labute approximate surface area is 145 Å². The first-order valence-corrected chi connectivity index (χ1v) is 8.33. The third-order valence-corrected chi connectivity index (χ3v) is 4.44. The molecule has 0 unspecified atom stereocenters. The Balaban J connectivity index is 1.85. The summed E-state index contributed by atoms with van der Waals surface area (Å²) < 4.78 is 0. The third kappa shape index (κ3) is 3.66. The van der Waals surface area contributed by atoms with Crippen molar-refractivity contribution < 1.29 is 4.79 Å². The maximum absolute atomic E-state index is 12.7. The van der Waals surface area contributed by atoms with Crippen LogP contribution in [-0.2, 0) is 0 Å². The molecule has 0 radical (unpaired) electrons. The number of likely N-dealkylation sites (N-methyl/N-ethyl adjacent to an activating group) is 1. The maximum atomic E-state index is 12.7. The number of H-pyrrole nitrogens is 1. The maximum Gasteiger partial charge on any atom is 0.272 e. The van der Waals surface area contributed by atoms with Crippen molar-refractivity contribution in [1.82, 2.24) is 19.8 Å². The van der Waals surface area contributed by atoms with E-state index in [1.807, 2.05) is 0 Å². The Morgan fingerprint density at radius 3 is 2.50 bits per heavy atom. The van der Waals surface area contributed by atoms with E-state index >= 15 is 0 Å². The second-order valence-corrected chi connectivity index (χ2v) is 6.15. The lowest BCUT2D eigenvalue weighted by Crippen LogP contribution is -2.48. The van der Waals surface area contributed by atoms with Crippen molar-refractivity contribution in [3.05, 3.63) is 51.4 Å². The topological polar surface area (TPSA) is 69.3 Å². The fourth-order valence-corrected chi connectivity index (χ4v) is 2.87. The van der Waals surface area contributed by atoms with E-state index in [2.05, 4.69) is 21.8 Å². The molecule has 126 valence electrons. The standard InChI is InChI=1S/C17H19ClN4O2/c1-2-21-7-9-22(10-8-21)17(24)14-11-15(23)20-16(19-14)12-3-5-13(18)6-4-12/h3-6,11H,2,7-10H2,1H3,(H,19,20,23). The molecule has 6 nitrogen and oxygen atoms in total. The van der Waals surface area contributed by atoms with E-state index in [9.17, 15) is 9.59 Å². The van der Waals surface area contributed by atoms with E-state index < -0.39 is 0 Å². The first kappa shape index (κ1) is 16.7. The highest BCUT2D eigenvalue weighted by molar-refractivity contribution is 6.30. The summed E-state index contributed by atoms with van der Waals surface area (Å²) in [6.07, 6.45) is 0. The minimum absolute atomic E-state index is 0.175. The van der Waals surface area contributed by atoms with Gasteiger partial charge in [0.05, 0.1) is 0 Å². The molecular formula is C17H19ClN4O2. The van der Waals surface area contributed by atoms with Crippen LogP contribution in [0.4, 0.5) is 0 Å². The highest BCUT2D eigenvalue weighted by Crippen LogP contribution is 2.17. The lowest BCUT2D eigenvalue weighted by molar-refractivity contribution is 0.0637. The Bertz CT molecular complexity index is 780. The molecule has 2 heterocycles. The van der Waals surface area contributed by atoms with Gasteiger partial charge in [0.1, 0.15) is 11.5 Å². The number of rotatable bonds is 3. The minimum Gasteiger partial charge on any atom is -0.335 e. The van der Waals surface area contributed by atoms with Gasteiger partial charge in [-0.25, -0.2) is 4.98 Å². The Kier molecular flexibility index (Phi) is 4.97. The number of carbonyl (C=O) groups excluding carboxylic acids is 1. The number of halogens is 1. The number of aromatic nitrogens is 2. The number of aromatic amines is 1. The summed E-state index contributed by atoms with van der Waals surface area (Å²) in [7, 11) is 0. The van der Waals surface area contributed by atoms with E-state index in [-0.39, 0.29) is 17.2 Å². The van der Waals surface area contributed by atoms with Crippen LogP contribution in [0, 0.1) is 0 Å². The summed E-state index contributed by atoms with van der Waals surface area (Å²) in [5.41, 5.74) is 0.543. The van der Waals surface area contributed by atoms with Gasteiger partial charge >= 0.3 is 0 Å². The second-order valence-electron chi connectivity index (χ2n) is 5.71. The largest absolute Gasteiger partial charge is 0.335 e. The first-order chi connectivity index (χ1) is 11.6. The lowest BCUT2D eigenvalue weighted by atomic mass is 10.2. The molecule has 24 heavy (non-hydrogen) atoms. The molecule has 1 saturated heterocycles. The number of nitrogens with zero attached hydrogens (tertiary/aromatic N) is 3. The average molecular weight is 347 g/mol. The highest BCUT2D eigenvalue weighted by Gasteiger charge is 2.23. The van der Waals surface area contributed by atoms with Gasteiger partial charge in [0.2, 0.25) is 0 Å². The van der Waals surface area contributed by atoms with Crippen LogP contribution in [0.1, 0.15) is 17.4 Å². The molecule has 0 spiro atoms. The van der Waals surface area contributed by atoms with Gasteiger partial charge in [-0.2, -0.15) is 0 Å².